The minimum Gasteiger partial charge on any atom is -0.396 e. The van der Waals surface area contributed by atoms with Gasteiger partial charge in [0.1, 0.15) is 0 Å². The molecule has 5 nitrogen and oxygen atoms in total. The summed E-state index contributed by atoms with van der Waals surface area (Å²) < 4.78 is 0. The highest BCUT2D eigenvalue weighted by atomic mass is 16.3. The molecule has 1 unspecified atom stereocenters. The van der Waals surface area contributed by atoms with Gasteiger partial charge in [0.2, 0.25) is 0 Å². The lowest BCUT2D eigenvalue weighted by Gasteiger charge is -2.56. The molecular formula is C25H50O5. The number of aliphatic hydroxyl groups excluding tert-OH is 5. The zero-order valence-corrected chi connectivity index (χ0v) is 19.4. The Balaban J connectivity index is 3.37. The molecule has 0 heterocycles. The first-order valence-electron chi connectivity index (χ1n) is 12.7. The predicted molar refractivity (Wildman–Crippen MR) is 122 cm³/mol. The molecule has 0 spiro atoms. The summed E-state index contributed by atoms with van der Waals surface area (Å²) in [6, 6.07) is 0. The Morgan fingerprint density at radius 1 is 0.500 bits per heavy atom. The van der Waals surface area contributed by atoms with Gasteiger partial charge in [-0.1, -0.05) is 64.2 Å². The van der Waals surface area contributed by atoms with Crippen molar-refractivity contribution in [1.29, 1.82) is 0 Å². The smallest absolute Gasteiger partial charge is 0.0436 e. The Labute approximate surface area is 184 Å². The molecule has 0 aromatic carbocycles. The van der Waals surface area contributed by atoms with Crippen molar-refractivity contribution in [3.05, 3.63) is 0 Å². The van der Waals surface area contributed by atoms with Gasteiger partial charge >= 0.3 is 0 Å². The van der Waals surface area contributed by atoms with Gasteiger partial charge in [0.05, 0.1) is 0 Å². The maximum absolute atomic E-state index is 10.1. The summed E-state index contributed by atoms with van der Waals surface area (Å²) in [7, 11) is 0. The summed E-state index contributed by atoms with van der Waals surface area (Å²) in [6.07, 6.45) is 16.9. The largest absolute Gasteiger partial charge is 0.396 e. The van der Waals surface area contributed by atoms with E-state index < -0.39 is 0 Å². The average molecular weight is 431 g/mol. The van der Waals surface area contributed by atoms with E-state index in [0.717, 1.165) is 32.1 Å². The van der Waals surface area contributed by atoms with Crippen LogP contribution in [0.2, 0.25) is 0 Å². The molecule has 30 heavy (non-hydrogen) atoms. The van der Waals surface area contributed by atoms with Crippen molar-refractivity contribution in [2.45, 2.75) is 109 Å². The average Bonchev–Trinajstić information content (AvgIpc) is 2.73. The van der Waals surface area contributed by atoms with Crippen LogP contribution in [0.5, 0.6) is 0 Å². The van der Waals surface area contributed by atoms with Crippen molar-refractivity contribution >= 4 is 0 Å². The van der Waals surface area contributed by atoms with E-state index in [1.54, 1.807) is 0 Å². The SMILES string of the molecule is OCCC1CCCCCCCCCCCCC(CCO)(CCO)C1(CCO)CCO. The van der Waals surface area contributed by atoms with E-state index in [2.05, 4.69) is 0 Å². The highest BCUT2D eigenvalue weighted by Crippen LogP contribution is 2.59. The van der Waals surface area contributed by atoms with Crippen LogP contribution >= 0.6 is 0 Å². The van der Waals surface area contributed by atoms with Crippen LogP contribution in [-0.4, -0.2) is 58.6 Å². The summed E-state index contributed by atoms with van der Waals surface area (Å²) in [6.45, 7) is 0.244. The Morgan fingerprint density at radius 2 is 0.933 bits per heavy atom. The van der Waals surface area contributed by atoms with Gasteiger partial charge in [0, 0.05) is 33.0 Å². The Morgan fingerprint density at radius 3 is 1.37 bits per heavy atom. The monoisotopic (exact) mass is 430 g/mol. The van der Waals surface area contributed by atoms with Crippen molar-refractivity contribution in [3.63, 3.8) is 0 Å². The molecule has 0 saturated heterocycles. The number of aliphatic hydroxyl groups is 5. The van der Waals surface area contributed by atoms with Gasteiger partial charge in [-0.15, -0.1) is 0 Å². The molecule has 0 radical (unpaired) electrons. The number of rotatable bonds is 10. The van der Waals surface area contributed by atoms with Crippen LogP contribution in [0.25, 0.3) is 0 Å². The lowest BCUT2D eigenvalue weighted by atomic mass is 9.49. The third kappa shape index (κ3) is 8.05. The maximum Gasteiger partial charge on any atom is 0.0436 e. The Kier molecular flexibility index (Phi) is 15.2. The van der Waals surface area contributed by atoms with Crippen molar-refractivity contribution in [1.82, 2.24) is 0 Å². The Bertz CT molecular complexity index is 389. The minimum atomic E-state index is -0.384. The number of hydrogen-bond acceptors (Lipinski definition) is 5. The number of hydrogen-bond donors (Lipinski definition) is 5. The van der Waals surface area contributed by atoms with Crippen LogP contribution in [-0.2, 0) is 0 Å². The molecule has 5 N–H and O–H groups in total. The zero-order chi connectivity index (χ0) is 22.1. The van der Waals surface area contributed by atoms with Crippen LogP contribution < -0.4 is 0 Å². The van der Waals surface area contributed by atoms with Crippen LogP contribution in [0, 0.1) is 16.7 Å². The molecule has 0 aromatic heterocycles. The first-order chi connectivity index (χ1) is 14.7. The molecular weight excluding hydrogens is 380 g/mol. The second kappa shape index (κ2) is 16.4. The molecule has 0 aromatic rings. The molecule has 0 aliphatic heterocycles. The van der Waals surface area contributed by atoms with Crippen molar-refractivity contribution in [2.75, 3.05) is 33.0 Å². The summed E-state index contributed by atoms with van der Waals surface area (Å²) in [4.78, 5) is 0. The predicted octanol–water partition coefficient (Wildman–Crippen LogP) is 4.18. The van der Waals surface area contributed by atoms with Gasteiger partial charge in [-0.2, -0.15) is 0 Å². The summed E-state index contributed by atoms with van der Waals surface area (Å²) in [5.41, 5.74) is -0.715. The second-order valence-corrected chi connectivity index (χ2v) is 9.61. The zero-order valence-electron chi connectivity index (χ0n) is 19.4. The molecule has 1 saturated carbocycles. The van der Waals surface area contributed by atoms with Gasteiger partial charge in [-0.05, 0) is 61.7 Å². The van der Waals surface area contributed by atoms with E-state index in [1.165, 1.54) is 44.9 Å². The molecule has 5 heteroatoms. The van der Waals surface area contributed by atoms with Crippen molar-refractivity contribution < 1.29 is 25.5 Å². The summed E-state index contributed by atoms with van der Waals surface area (Å²) >= 11 is 0. The standard InChI is InChI=1S/C25H50O5/c26-18-12-23-11-9-7-5-3-1-2-4-6-8-10-13-24(14-19-27,15-20-28)25(23,16-21-29)17-22-30/h23,26-30H,1-22H2. The fraction of sp³-hybridized carbons (Fsp3) is 1.00. The topological polar surface area (TPSA) is 101 Å². The van der Waals surface area contributed by atoms with E-state index in [-0.39, 0.29) is 49.8 Å². The van der Waals surface area contributed by atoms with E-state index in [1.807, 2.05) is 0 Å². The van der Waals surface area contributed by atoms with E-state index in [0.29, 0.717) is 32.1 Å². The van der Waals surface area contributed by atoms with Crippen LogP contribution in [0.1, 0.15) is 109 Å². The summed E-state index contributed by atoms with van der Waals surface area (Å²) in [5.74, 6) is 0.171. The highest BCUT2D eigenvalue weighted by Gasteiger charge is 2.52. The lowest BCUT2D eigenvalue weighted by molar-refractivity contribution is -0.100. The van der Waals surface area contributed by atoms with Crippen LogP contribution in [0.3, 0.4) is 0 Å². The molecule has 1 aliphatic carbocycles. The van der Waals surface area contributed by atoms with E-state index in [4.69, 9.17) is 0 Å². The van der Waals surface area contributed by atoms with Gasteiger partial charge < -0.3 is 25.5 Å². The Hall–Kier alpha value is -0.200. The first kappa shape index (κ1) is 27.8. The molecule has 1 fully saturated rings. The summed E-state index contributed by atoms with van der Waals surface area (Å²) in [5, 5.41) is 50.2. The van der Waals surface area contributed by atoms with Gasteiger partial charge in [0.15, 0.2) is 0 Å². The fourth-order valence-corrected chi connectivity index (χ4v) is 6.57. The molecule has 0 amide bonds. The lowest BCUT2D eigenvalue weighted by Crippen LogP contribution is -2.50. The fourth-order valence-electron chi connectivity index (χ4n) is 6.57. The van der Waals surface area contributed by atoms with Gasteiger partial charge in [-0.3, -0.25) is 0 Å². The van der Waals surface area contributed by atoms with Gasteiger partial charge in [0.25, 0.3) is 0 Å². The molecule has 1 rings (SSSR count). The third-order valence-corrected chi connectivity index (χ3v) is 8.07. The molecule has 0 bridgehead atoms. The van der Waals surface area contributed by atoms with Gasteiger partial charge in [-0.25, -0.2) is 0 Å². The van der Waals surface area contributed by atoms with Crippen LogP contribution in [0.15, 0.2) is 0 Å². The quantitative estimate of drug-likeness (QED) is 0.358. The molecule has 1 atom stereocenters. The van der Waals surface area contributed by atoms with Crippen LogP contribution in [0.4, 0.5) is 0 Å². The maximum atomic E-state index is 10.1. The minimum absolute atomic E-state index is 0.0283. The second-order valence-electron chi connectivity index (χ2n) is 9.61. The third-order valence-electron chi connectivity index (χ3n) is 8.07. The first-order valence-corrected chi connectivity index (χ1v) is 12.7. The molecule has 1 aliphatic rings. The van der Waals surface area contributed by atoms with Crippen molar-refractivity contribution in [3.8, 4) is 0 Å². The van der Waals surface area contributed by atoms with E-state index in [9.17, 15) is 25.5 Å². The van der Waals surface area contributed by atoms with E-state index >= 15 is 0 Å². The van der Waals surface area contributed by atoms with Crippen molar-refractivity contribution in [2.24, 2.45) is 16.7 Å². The highest BCUT2D eigenvalue weighted by molar-refractivity contribution is 5.01. The normalized spacial score (nSPS) is 24.1. The molecule has 180 valence electrons.